The number of benzene rings is 3. The summed E-state index contributed by atoms with van der Waals surface area (Å²) in [6.07, 6.45) is 1.37. The monoisotopic (exact) mass is 648 g/mol. The molecule has 0 aliphatic carbocycles. The van der Waals surface area contributed by atoms with E-state index >= 15 is 0 Å². The van der Waals surface area contributed by atoms with E-state index in [0.29, 0.717) is 31.3 Å². The maximum atomic E-state index is 12.3. The van der Waals surface area contributed by atoms with Crippen LogP contribution in [0.15, 0.2) is 59.7 Å². The first-order valence-electron chi connectivity index (χ1n) is 11.4. The Balaban J connectivity index is 1.54. The van der Waals surface area contributed by atoms with Crippen molar-refractivity contribution in [2.75, 3.05) is 19.0 Å². The summed E-state index contributed by atoms with van der Waals surface area (Å²) in [5.74, 6) is -1.31. The number of halogens is 2. The van der Waals surface area contributed by atoms with Gasteiger partial charge in [0.05, 0.1) is 16.9 Å². The number of rotatable bonds is 9. The van der Waals surface area contributed by atoms with Crippen molar-refractivity contribution in [2.45, 2.75) is 20.4 Å². The van der Waals surface area contributed by atoms with Crippen LogP contribution in [0.5, 0.6) is 11.5 Å². The number of nitrogens with one attached hydrogen (secondary N) is 3. The molecule has 0 radical (unpaired) electrons. The first kappa shape index (κ1) is 28.9. The van der Waals surface area contributed by atoms with Gasteiger partial charge in [0.2, 0.25) is 0 Å². The fourth-order valence-electron chi connectivity index (χ4n) is 3.14. The molecule has 11 heteroatoms. The third-order valence-electron chi connectivity index (χ3n) is 5.21. The highest BCUT2D eigenvalue weighted by atomic mass is 127. The SMILES string of the molecule is COc1cc(/C=N\NC(=O)C(=O)NCc2ccc(C)cc2)cc(I)c1OCC(=O)Nc1ccc(C)c(Cl)c1. The minimum Gasteiger partial charge on any atom is -0.493 e. The van der Waals surface area contributed by atoms with Gasteiger partial charge < -0.3 is 20.1 Å². The number of hydrazone groups is 1. The van der Waals surface area contributed by atoms with Crippen LogP contribution in [0.4, 0.5) is 5.69 Å². The van der Waals surface area contributed by atoms with Crippen molar-refractivity contribution in [3.8, 4) is 11.5 Å². The molecule has 3 N–H and O–H groups in total. The molecule has 0 saturated carbocycles. The number of anilines is 1. The van der Waals surface area contributed by atoms with Gasteiger partial charge in [0.15, 0.2) is 18.1 Å². The van der Waals surface area contributed by atoms with E-state index in [9.17, 15) is 14.4 Å². The van der Waals surface area contributed by atoms with E-state index in [1.807, 2.05) is 66.8 Å². The Kier molecular flexibility index (Phi) is 10.5. The summed E-state index contributed by atoms with van der Waals surface area (Å²) in [5.41, 5.74) is 6.23. The van der Waals surface area contributed by atoms with Gasteiger partial charge in [0, 0.05) is 17.3 Å². The maximum Gasteiger partial charge on any atom is 0.329 e. The molecule has 3 aromatic rings. The van der Waals surface area contributed by atoms with Crippen molar-refractivity contribution in [3.63, 3.8) is 0 Å². The molecule has 0 fully saturated rings. The smallest absolute Gasteiger partial charge is 0.329 e. The Hall–Kier alpha value is -3.64. The zero-order valence-corrected chi connectivity index (χ0v) is 23.8. The molecule has 3 aromatic carbocycles. The van der Waals surface area contributed by atoms with Gasteiger partial charge >= 0.3 is 11.8 Å². The second-order valence-corrected chi connectivity index (χ2v) is 9.77. The summed E-state index contributed by atoms with van der Waals surface area (Å²) in [4.78, 5) is 36.4. The summed E-state index contributed by atoms with van der Waals surface area (Å²) >= 11 is 8.14. The second-order valence-electron chi connectivity index (χ2n) is 8.20. The van der Waals surface area contributed by atoms with E-state index in [-0.39, 0.29) is 19.1 Å². The van der Waals surface area contributed by atoms with Crippen molar-refractivity contribution < 1.29 is 23.9 Å². The van der Waals surface area contributed by atoms with E-state index in [1.165, 1.54) is 13.3 Å². The van der Waals surface area contributed by atoms with Crippen molar-refractivity contribution in [2.24, 2.45) is 5.10 Å². The molecule has 198 valence electrons. The Morgan fingerprint density at radius 1 is 1.03 bits per heavy atom. The molecule has 0 unspecified atom stereocenters. The topological polar surface area (TPSA) is 118 Å². The predicted octanol–water partition coefficient (Wildman–Crippen LogP) is 4.35. The first-order valence-corrected chi connectivity index (χ1v) is 12.8. The van der Waals surface area contributed by atoms with Crippen LogP contribution in [0.2, 0.25) is 5.02 Å². The van der Waals surface area contributed by atoms with Crippen LogP contribution in [0, 0.1) is 17.4 Å². The Bertz CT molecular complexity index is 1360. The molecule has 0 aliphatic heterocycles. The van der Waals surface area contributed by atoms with E-state index in [2.05, 4.69) is 21.2 Å². The fourth-order valence-corrected chi connectivity index (χ4v) is 4.11. The number of hydrogen-bond donors (Lipinski definition) is 3. The first-order chi connectivity index (χ1) is 18.2. The lowest BCUT2D eigenvalue weighted by Crippen LogP contribution is -2.37. The summed E-state index contributed by atoms with van der Waals surface area (Å²) in [5, 5.41) is 9.68. The molecule has 3 rings (SSSR count). The van der Waals surface area contributed by atoms with Crippen molar-refractivity contribution in [1.82, 2.24) is 10.7 Å². The van der Waals surface area contributed by atoms with Crippen LogP contribution in [-0.2, 0) is 20.9 Å². The number of carbonyl (C=O) groups excluding carboxylic acids is 3. The maximum absolute atomic E-state index is 12.3. The highest BCUT2D eigenvalue weighted by Gasteiger charge is 2.15. The average Bonchev–Trinajstić information content (AvgIpc) is 2.89. The minimum atomic E-state index is -0.893. The van der Waals surface area contributed by atoms with E-state index in [1.54, 1.807) is 24.3 Å². The molecule has 0 aromatic heterocycles. The van der Waals surface area contributed by atoms with Crippen molar-refractivity contribution in [1.29, 1.82) is 0 Å². The number of nitrogens with zero attached hydrogens (tertiary/aromatic N) is 1. The molecule has 0 aliphatic rings. The van der Waals surface area contributed by atoms with E-state index in [4.69, 9.17) is 21.1 Å². The standard InChI is InChI=1S/C27H26ClIN4O5/c1-16-4-7-18(8-5-16)13-30-26(35)27(36)33-31-14-19-10-22(29)25(23(11-19)37-3)38-15-24(34)32-20-9-6-17(2)21(28)12-20/h4-12,14H,13,15H2,1-3H3,(H,30,35)(H,32,34)(H,33,36)/b31-14-. The number of ether oxygens (including phenoxy) is 2. The Morgan fingerprint density at radius 3 is 2.45 bits per heavy atom. The summed E-state index contributed by atoms with van der Waals surface area (Å²) in [7, 11) is 1.47. The summed E-state index contributed by atoms with van der Waals surface area (Å²) < 4.78 is 11.8. The van der Waals surface area contributed by atoms with Gasteiger partial charge in [-0.1, -0.05) is 47.5 Å². The quantitative estimate of drug-likeness (QED) is 0.138. The normalized spacial score (nSPS) is 10.7. The Labute approximate surface area is 239 Å². The number of methoxy groups -OCH3 is 1. The average molecular weight is 649 g/mol. The predicted molar refractivity (Wildman–Crippen MR) is 155 cm³/mol. The van der Waals surface area contributed by atoms with Crippen molar-refractivity contribution >= 4 is 63.8 Å². The summed E-state index contributed by atoms with van der Waals surface area (Å²) in [6.45, 7) is 3.81. The zero-order chi connectivity index (χ0) is 27.7. The second kappa shape index (κ2) is 13.8. The number of carbonyl (C=O) groups is 3. The molecular formula is C27H26ClIN4O5. The van der Waals surface area contributed by atoms with Gasteiger partial charge in [0.25, 0.3) is 5.91 Å². The lowest BCUT2D eigenvalue weighted by atomic mass is 10.1. The molecule has 0 heterocycles. The molecule has 38 heavy (non-hydrogen) atoms. The van der Waals surface area contributed by atoms with Gasteiger partial charge in [-0.15, -0.1) is 0 Å². The van der Waals surface area contributed by atoms with E-state index in [0.717, 1.165) is 16.7 Å². The lowest BCUT2D eigenvalue weighted by molar-refractivity contribution is -0.139. The third-order valence-corrected chi connectivity index (χ3v) is 6.42. The van der Waals surface area contributed by atoms with Crippen LogP contribution < -0.4 is 25.5 Å². The van der Waals surface area contributed by atoms with Crippen molar-refractivity contribution in [3.05, 3.63) is 85.4 Å². The molecular weight excluding hydrogens is 623 g/mol. The lowest BCUT2D eigenvalue weighted by Gasteiger charge is -2.14. The molecule has 3 amide bonds. The molecule has 0 bridgehead atoms. The van der Waals surface area contributed by atoms with Crippen LogP contribution in [0.25, 0.3) is 0 Å². The van der Waals surface area contributed by atoms with Gasteiger partial charge in [0.1, 0.15) is 0 Å². The third kappa shape index (κ3) is 8.45. The minimum absolute atomic E-state index is 0.226. The van der Waals surface area contributed by atoms with Gasteiger partial charge in [-0.25, -0.2) is 5.43 Å². The highest BCUT2D eigenvalue weighted by Crippen LogP contribution is 2.33. The molecule has 0 spiro atoms. The zero-order valence-electron chi connectivity index (χ0n) is 20.9. The molecule has 9 nitrogen and oxygen atoms in total. The fraction of sp³-hybridized carbons (Fsp3) is 0.185. The van der Waals surface area contributed by atoms with Gasteiger partial charge in [-0.2, -0.15) is 5.10 Å². The largest absolute Gasteiger partial charge is 0.493 e. The molecule has 0 saturated heterocycles. The number of amides is 3. The van der Waals surface area contributed by atoms with E-state index < -0.39 is 11.8 Å². The number of aryl methyl sites for hydroxylation is 2. The number of hydrogen-bond acceptors (Lipinski definition) is 6. The van der Waals surface area contributed by atoms with Crippen LogP contribution in [0.3, 0.4) is 0 Å². The summed E-state index contributed by atoms with van der Waals surface area (Å²) in [6, 6.07) is 16.2. The van der Waals surface area contributed by atoms with Crippen LogP contribution in [-0.4, -0.2) is 37.7 Å². The van der Waals surface area contributed by atoms with Gasteiger partial charge in [-0.05, 0) is 77.4 Å². The highest BCUT2D eigenvalue weighted by molar-refractivity contribution is 14.1. The van der Waals surface area contributed by atoms with Crippen LogP contribution >= 0.6 is 34.2 Å². The molecule has 0 atom stereocenters. The van der Waals surface area contributed by atoms with Crippen LogP contribution in [0.1, 0.15) is 22.3 Å². The van der Waals surface area contributed by atoms with Gasteiger partial charge in [-0.3, -0.25) is 14.4 Å². The Morgan fingerprint density at radius 2 is 1.76 bits per heavy atom.